The quantitative estimate of drug-likeness (QED) is 0.366. The predicted molar refractivity (Wildman–Crippen MR) is 160 cm³/mol. The molecule has 13 heteroatoms. The summed E-state index contributed by atoms with van der Waals surface area (Å²) in [6.07, 6.45) is 5.27. The van der Waals surface area contributed by atoms with Crippen LogP contribution in [0, 0.1) is 6.92 Å². The van der Waals surface area contributed by atoms with Crippen molar-refractivity contribution in [2.24, 2.45) is 0 Å². The third-order valence-corrected chi connectivity index (χ3v) is 8.71. The Morgan fingerprint density at radius 1 is 0.927 bits per heavy atom. The molecule has 12 nitrogen and oxygen atoms in total. The number of nitrogens with zero attached hydrogens (tertiary/aromatic N) is 8. The Kier molecular flexibility index (Phi) is 6.57. The van der Waals surface area contributed by atoms with Crippen molar-refractivity contribution >= 4 is 50.0 Å². The van der Waals surface area contributed by atoms with Crippen molar-refractivity contribution in [3.05, 3.63) is 41.6 Å². The molecule has 3 aromatic heterocycles. The zero-order valence-corrected chi connectivity index (χ0v) is 24.3. The van der Waals surface area contributed by atoms with Crippen LogP contribution in [-0.2, 0) is 14.8 Å². The fourth-order valence-electron chi connectivity index (χ4n) is 6.00. The Bertz CT molecular complexity index is 1710. The van der Waals surface area contributed by atoms with E-state index in [-0.39, 0.29) is 12.0 Å². The molecule has 0 radical (unpaired) electrons. The maximum atomic E-state index is 12.1. The molecule has 0 unspecified atom stereocenters. The lowest BCUT2D eigenvalue weighted by atomic mass is 9.98. The number of sulfonamides is 1. The lowest BCUT2D eigenvalue weighted by Crippen LogP contribution is -2.40. The number of fused-ring (bicyclic) bond motifs is 2. The molecule has 3 saturated heterocycles. The molecule has 7 rings (SSSR count). The number of anilines is 4. The average molecular weight is 578 g/mol. The summed E-state index contributed by atoms with van der Waals surface area (Å²) in [5.74, 6) is 2.82. The van der Waals surface area contributed by atoms with E-state index in [2.05, 4.69) is 42.6 Å². The van der Waals surface area contributed by atoms with Crippen LogP contribution >= 0.6 is 0 Å². The molecule has 41 heavy (non-hydrogen) atoms. The van der Waals surface area contributed by atoms with Crippen LogP contribution in [0.25, 0.3) is 16.6 Å². The molecule has 0 amide bonds. The minimum absolute atomic E-state index is 0.0415. The van der Waals surface area contributed by atoms with Gasteiger partial charge in [0.25, 0.3) is 0 Å². The summed E-state index contributed by atoms with van der Waals surface area (Å²) >= 11 is 0. The Morgan fingerprint density at radius 2 is 1.76 bits per heavy atom. The van der Waals surface area contributed by atoms with E-state index in [1.54, 1.807) is 0 Å². The Labute approximate surface area is 239 Å². The number of rotatable bonds is 6. The highest BCUT2D eigenvalue weighted by Crippen LogP contribution is 2.38. The molecule has 3 aliphatic rings. The van der Waals surface area contributed by atoms with Gasteiger partial charge in [-0.25, -0.2) is 18.4 Å². The minimum Gasteiger partial charge on any atom is -0.378 e. The third-order valence-electron chi connectivity index (χ3n) is 8.15. The van der Waals surface area contributed by atoms with Gasteiger partial charge in [-0.15, -0.1) is 0 Å². The van der Waals surface area contributed by atoms with E-state index in [0.717, 1.165) is 92.2 Å². The summed E-state index contributed by atoms with van der Waals surface area (Å²) < 4.78 is 34.3. The van der Waals surface area contributed by atoms with Crippen LogP contribution in [-0.4, -0.2) is 85.2 Å². The smallest absolute Gasteiger partial charge is 0.239 e. The van der Waals surface area contributed by atoms with Gasteiger partial charge in [0, 0.05) is 50.2 Å². The molecule has 3 fully saturated rings. The van der Waals surface area contributed by atoms with Crippen molar-refractivity contribution in [2.45, 2.75) is 38.6 Å². The summed E-state index contributed by atoms with van der Waals surface area (Å²) in [7, 11) is -3.54. The Hall–Kier alpha value is -3.71. The van der Waals surface area contributed by atoms with Crippen LogP contribution < -0.4 is 19.4 Å². The number of hydrogen-bond donors (Lipinski definition) is 1. The van der Waals surface area contributed by atoms with Crippen molar-refractivity contribution in [1.82, 2.24) is 24.6 Å². The minimum atomic E-state index is -3.54. The molecule has 4 aromatic rings. The maximum absolute atomic E-state index is 12.1. The lowest BCUT2D eigenvalue weighted by molar-refractivity contribution is 0.122. The topological polar surface area (TPSA) is 121 Å². The highest BCUT2D eigenvalue weighted by Gasteiger charge is 2.31. The molecule has 216 valence electrons. The fourth-order valence-corrected chi connectivity index (χ4v) is 6.42. The summed E-state index contributed by atoms with van der Waals surface area (Å²) in [5.41, 5.74) is 3.55. The van der Waals surface area contributed by atoms with E-state index < -0.39 is 10.0 Å². The fraction of sp³-hybridized carbons (Fsp3) is 0.500. The van der Waals surface area contributed by atoms with E-state index in [0.29, 0.717) is 24.5 Å². The van der Waals surface area contributed by atoms with Gasteiger partial charge in [-0.05, 0) is 44.7 Å². The van der Waals surface area contributed by atoms with E-state index >= 15 is 0 Å². The molecule has 1 N–H and O–H groups in total. The average Bonchev–Trinajstić information content (AvgIpc) is 3.35. The second-order valence-electron chi connectivity index (χ2n) is 11.2. The molecular weight excluding hydrogens is 542 g/mol. The van der Waals surface area contributed by atoms with Gasteiger partial charge in [-0.2, -0.15) is 14.6 Å². The van der Waals surface area contributed by atoms with Crippen LogP contribution in [0.5, 0.6) is 0 Å². The van der Waals surface area contributed by atoms with Gasteiger partial charge in [0.1, 0.15) is 17.5 Å². The first-order chi connectivity index (χ1) is 19.8. The van der Waals surface area contributed by atoms with Crippen LogP contribution in [0.15, 0.2) is 30.3 Å². The van der Waals surface area contributed by atoms with E-state index in [9.17, 15) is 8.42 Å². The molecule has 1 aromatic carbocycles. The zero-order chi connectivity index (χ0) is 28.1. The normalized spacial score (nSPS) is 20.0. The number of piperidine rings is 1. The van der Waals surface area contributed by atoms with Crippen molar-refractivity contribution in [1.29, 1.82) is 0 Å². The number of morpholine rings is 1. The Morgan fingerprint density at radius 3 is 2.51 bits per heavy atom. The number of ether oxygens (including phenoxy) is 1. The van der Waals surface area contributed by atoms with Gasteiger partial charge in [0.15, 0.2) is 5.65 Å². The lowest BCUT2D eigenvalue weighted by Gasteiger charge is -2.36. The maximum Gasteiger partial charge on any atom is 0.239 e. The van der Waals surface area contributed by atoms with E-state index in [1.165, 1.54) is 6.42 Å². The first-order valence-corrected chi connectivity index (χ1v) is 16.2. The molecule has 0 aliphatic carbocycles. The monoisotopic (exact) mass is 577 g/mol. The molecule has 0 spiro atoms. The molecule has 6 heterocycles. The summed E-state index contributed by atoms with van der Waals surface area (Å²) in [5, 5.41) is 6.06. The van der Waals surface area contributed by atoms with Crippen molar-refractivity contribution < 1.29 is 13.2 Å². The van der Waals surface area contributed by atoms with Crippen molar-refractivity contribution in [2.75, 3.05) is 71.6 Å². The number of benzene rings is 1. The highest BCUT2D eigenvalue weighted by molar-refractivity contribution is 7.92. The second kappa shape index (κ2) is 10.3. The first kappa shape index (κ1) is 26.2. The summed E-state index contributed by atoms with van der Waals surface area (Å²) in [4.78, 5) is 21.2. The molecule has 0 bridgehead atoms. The van der Waals surface area contributed by atoms with E-state index in [4.69, 9.17) is 19.8 Å². The van der Waals surface area contributed by atoms with Crippen LogP contribution in [0.2, 0.25) is 0 Å². The standard InChI is InChI=1S/C28H35N9O3S/c1-19-7-8-21-20(16-19)27(31-28(29-21)33-41(2,38)39)36-11-4-3-6-23(36)22-17-25-30-24(34-9-5-10-34)18-26(37(25)32-22)35-12-14-40-15-13-35/h7-8,16-18,23H,3-6,9-15H2,1-2H3,(H,29,31,33)/t23-/m0/s1. The molecule has 0 saturated carbocycles. The number of aryl methyl sites for hydroxylation is 1. The largest absolute Gasteiger partial charge is 0.378 e. The van der Waals surface area contributed by atoms with Crippen LogP contribution in [0.3, 0.4) is 0 Å². The predicted octanol–water partition coefficient (Wildman–Crippen LogP) is 3.13. The second-order valence-corrected chi connectivity index (χ2v) is 13.0. The molecule has 3 aliphatic heterocycles. The van der Waals surface area contributed by atoms with Crippen LogP contribution in [0.1, 0.15) is 43.0 Å². The summed E-state index contributed by atoms with van der Waals surface area (Å²) in [6, 6.07) is 10.2. The number of aromatic nitrogens is 5. The SMILES string of the molecule is Cc1ccc2nc(NS(C)(=O)=O)nc(N3CCCC[C@H]3c3cc4nc(N5CCC5)cc(N5CCOCC5)n4n3)c2c1. The Balaban J connectivity index is 1.34. The number of hydrogen-bond acceptors (Lipinski definition) is 10. The number of nitrogens with one attached hydrogen (secondary N) is 1. The first-order valence-electron chi connectivity index (χ1n) is 14.3. The van der Waals surface area contributed by atoms with Gasteiger partial charge >= 0.3 is 0 Å². The molecule has 1 atom stereocenters. The zero-order valence-electron chi connectivity index (χ0n) is 23.5. The van der Waals surface area contributed by atoms with Crippen molar-refractivity contribution in [3.8, 4) is 0 Å². The van der Waals surface area contributed by atoms with Gasteiger partial charge in [0.05, 0.1) is 36.7 Å². The van der Waals surface area contributed by atoms with Gasteiger partial charge in [0.2, 0.25) is 16.0 Å². The van der Waals surface area contributed by atoms with E-state index in [1.807, 2.05) is 23.6 Å². The summed E-state index contributed by atoms with van der Waals surface area (Å²) in [6.45, 7) is 7.86. The highest BCUT2D eigenvalue weighted by atomic mass is 32.2. The van der Waals surface area contributed by atoms with Crippen molar-refractivity contribution in [3.63, 3.8) is 0 Å². The van der Waals surface area contributed by atoms with Crippen LogP contribution in [0.4, 0.5) is 23.4 Å². The van der Waals surface area contributed by atoms with Gasteiger partial charge in [-0.1, -0.05) is 11.6 Å². The van der Waals surface area contributed by atoms with Gasteiger partial charge < -0.3 is 19.4 Å². The third kappa shape index (κ3) is 5.12. The molecular formula is C28H35N9O3S. The van der Waals surface area contributed by atoms with Gasteiger partial charge in [-0.3, -0.25) is 4.72 Å².